The number of hydrogen-bond donors (Lipinski definition) is 1. The van der Waals surface area contributed by atoms with Crippen molar-refractivity contribution < 1.29 is 13.2 Å². The summed E-state index contributed by atoms with van der Waals surface area (Å²) < 4.78 is 33.5. The number of nitrogens with zero attached hydrogens (tertiary/aromatic N) is 3. The van der Waals surface area contributed by atoms with Gasteiger partial charge in [-0.2, -0.15) is 0 Å². The van der Waals surface area contributed by atoms with Gasteiger partial charge in [-0.3, -0.25) is 0 Å². The van der Waals surface area contributed by atoms with E-state index in [9.17, 15) is 8.42 Å². The van der Waals surface area contributed by atoms with E-state index in [-0.39, 0.29) is 16.0 Å². The molecule has 2 aliphatic rings. The van der Waals surface area contributed by atoms with E-state index < -0.39 is 10.0 Å². The van der Waals surface area contributed by atoms with Crippen LogP contribution in [0.1, 0.15) is 30.9 Å². The van der Waals surface area contributed by atoms with E-state index in [1.165, 1.54) is 6.07 Å². The highest BCUT2D eigenvalue weighted by molar-refractivity contribution is 7.89. The van der Waals surface area contributed by atoms with Gasteiger partial charge in [0, 0.05) is 50.2 Å². The number of halogens is 1. The normalized spacial score (nSPS) is 21.2. The molecule has 3 heterocycles. The summed E-state index contributed by atoms with van der Waals surface area (Å²) in [5.41, 5.74) is 1.04. The lowest BCUT2D eigenvalue weighted by Gasteiger charge is -2.23. The maximum atomic E-state index is 12.7. The number of rotatable bonds is 5. The summed E-state index contributed by atoms with van der Waals surface area (Å²) in [6, 6.07) is 8.22. The smallest absolute Gasteiger partial charge is 0.242 e. The highest BCUT2D eigenvalue weighted by Gasteiger charge is 2.30. The number of ether oxygens (including phenoxy) is 1. The van der Waals surface area contributed by atoms with Crippen molar-refractivity contribution in [2.24, 2.45) is 0 Å². The topological polar surface area (TPSA) is 84.4 Å². The standard InChI is InChI=1S/C19H23ClN4O3S/c20-16-3-1-2-4-18(16)28(25,26)23-15-6-10-24(13-15)19-21-9-5-17(22-19)14-7-11-27-12-8-14/h1-5,9,14-15,23H,6-8,10-13H2. The summed E-state index contributed by atoms with van der Waals surface area (Å²) in [5, 5.41) is 0.220. The van der Waals surface area contributed by atoms with Crippen molar-refractivity contribution in [1.82, 2.24) is 14.7 Å². The number of hydrogen-bond acceptors (Lipinski definition) is 6. The Hall–Kier alpha value is -1.74. The third-order valence-electron chi connectivity index (χ3n) is 5.22. The average molecular weight is 423 g/mol. The molecule has 0 spiro atoms. The van der Waals surface area contributed by atoms with Crippen molar-refractivity contribution in [3.05, 3.63) is 47.2 Å². The highest BCUT2D eigenvalue weighted by Crippen LogP contribution is 2.27. The van der Waals surface area contributed by atoms with E-state index in [0.717, 1.165) is 31.7 Å². The molecule has 0 bridgehead atoms. The SMILES string of the molecule is O=S(=O)(NC1CCN(c2nccc(C3CCOCC3)n2)C1)c1ccccc1Cl. The summed E-state index contributed by atoms with van der Waals surface area (Å²) in [5.74, 6) is 1.05. The first-order valence-electron chi connectivity index (χ1n) is 9.45. The van der Waals surface area contributed by atoms with E-state index >= 15 is 0 Å². The quantitative estimate of drug-likeness (QED) is 0.797. The van der Waals surface area contributed by atoms with Crippen LogP contribution in [0.4, 0.5) is 5.95 Å². The zero-order valence-electron chi connectivity index (χ0n) is 15.4. The molecule has 1 N–H and O–H groups in total. The second kappa shape index (κ2) is 8.32. The van der Waals surface area contributed by atoms with Gasteiger partial charge < -0.3 is 9.64 Å². The van der Waals surface area contributed by atoms with Crippen LogP contribution in [0.15, 0.2) is 41.4 Å². The molecule has 0 saturated carbocycles. The Labute approximate surface area is 170 Å². The molecule has 1 aromatic carbocycles. The van der Waals surface area contributed by atoms with Crippen LogP contribution in [0.3, 0.4) is 0 Å². The van der Waals surface area contributed by atoms with Crippen LogP contribution >= 0.6 is 11.6 Å². The second-order valence-corrected chi connectivity index (χ2v) is 9.24. The third kappa shape index (κ3) is 4.30. The molecule has 2 aliphatic heterocycles. The third-order valence-corrected chi connectivity index (χ3v) is 7.24. The van der Waals surface area contributed by atoms with Gasteiger partial charge in [0.1, 0.15) is 4.90 Å². The molecule has 4 rings (SSSR count). The summed E-state index contributed by atoms with van der Waals surface area (Å²) in [6.07, 6.45) is 4.41. The summed E-state index contributed by atoms with van der Waals surface area (Å²) in [4.78, 5) is 11.3. The minimum absolute atomic E-state index is 0.105. The molecule has 28 heavy (non-hydrogen) atoms. The molecule has 1 unspecified atom stereocenters. The number of nitrogens with one attached hydrogen (secondary N) is 1. The van der Waals surface area contributed by atoms with Crippen molar-refractivity contribution in [2.75, 3.05) is 31.2 Å². The Balaban J connectivity index is 1.44. The lowest BCUT2D eigenvalue weighted by molar-refractivity contribution is 0.0845. The highest BCUT2D eigenvalue weighted by atomic mass is 35.5. The van der Waals surface area contributed by atoms with E-state index in [4.69, 9.17) is 21.3 Å². The van der Waals surface area contributed by atoms with Crippen molar-refractivity contribution in [3.63, 3.8) is 0 Å². The molecule has 2 aromatic rings. The molecule has 7 nitrogen and oxygen atoms in total. The number of anilines is 1. The molecule has 1 atom stereocenters. The van der Waals surface area contributed by atoms with Crippen molar-refractivity contribution >= 4 is 27.6 Å². The summed E-state index contributed by atoms with van der Waals surface area (Å²) >= 11 is 6.05. The van der Waals surface area contributed by atoms with Gasteiger partial charge in [-0.05, 0) is 37.5 Å². The first-order valence-corrected chi connectivity index (χ1v) is 11.3. The maximum absolute atomic E-state index is 12.7. The van der Waals surface area contributed by atoms with E-state index in [1.807, 2.05) is 11.0 Å². The summed E-state index contributed by atoms with van der Waals surface area (Å²) in [7, 11) is -3.67. The zero-order chi connectivity index (χ0) is 19.6. The van der Waals surface area contributed by atoms with Gasteiger partial charge in [0.2, 0.25) is 16.0 Å². The monoisotopic (exact) mass is 422 g/mol. The van der Waals surface area contributed by atoms with Crippen LogP contribution < -0.4 is 9.62 Å². The van der Waals surface area contributed by atoms with Crippen LogP contribution in [-0.4, -0.2) is 50.7 Å². The van der Waals surface area contributed by atoms with Crippen molar-refractivity contribution in [3.8, 4) is 0 Å². The van der Waals surface area contributed by atoms with Gasteiger partial charge in [0.05, 0.1) is 5.02 Å². The Bertz CT molecular complexity index is 934. The van der Waals surface area contributed by atoms with Gasteiger partial charge in [-0.15, -0.1) is 0 Å². The van der Waals surface area contributed by atoms with Crippen LogP contribution in [-0.2, 0) is 14.8 Å². The molecular weight excluding hydrogens is 400 g/mol. The van der Waals surface area contributed by atoms with Crippen LogP contribution in [0.5, 0.6) is 0 Å². The molecule has 2 saturated heterocycles. The fraction of sp³-hybridized carbons (Fsp3) is 0.474. The molecule has 2 fully saturated rings. The largest absolute Gasteiger partial charge is 0.381 e. The van der Waals surface area contributed by atoms with Gasteiger partial charge in [-0.25, -0.2) is 23.1 Å². The van der Waals surface area contributed by atoms with Crippen LogP contribution in [0.25, 0.3) is 0 Å². The molecule has 150 valence electrons. The Morgan fingerprint density at radius 2 is 1.93 bits per heavy atom. The number of sulfonamides is 1. The molecule has 1 aromatic heterocycles. The molecule has 0 aliphatic carbocycles. The Morgan fingerprint density at radius 1 is 1.14 bits per heavy atom. The van der Waals surface area contributed by atoms with Crippen LogP contribution in [0.2, 0.25) is 5.02 Å². The molecule has 9 heteroatoms. The number of benzene rings is 1. The van der Waals surface area contributed by atoms with E-state index in [2.05, 4.69) is 9.71 Å². The lowest BCUT2D eigenvalue weighted by atomic mass is 9.96. The number of aromatic nitrogens is 2. The molecular formula is C19H23ClN4O3S. The van der Waals surface area contributed by atoms with Gasteiger partial charge in [-0.1, -0.05) is 23.7 Å². The van der Waals surface area contributed by atoms with E-state index in [1.54, 1.807) is 24.4 Å². The first kappa shape index (κ1) is 19.6. The minimum atomic E-state index is -3.67. The molecule has 0 radical (unpaired) electrons. The fourth-order valence-corrected chi connectivity index (χ4v) is 5.50. The zero-order valence-corrected chi connectivity index (χ0v) is 17.0. The average Bonchev–Trinajstić information content (AvgIpc) is 3.17. The van der Waals surface area contributed by atoms with Crippen molar-refractivity contribution in [2.45, 2.75) is 36.1 Å². The second-order valence-electron chi connectivity index (χ2n) is 7.15. The van der Waals surface area contributed by atoms with Gasteiger partial charge in [0.25, 0.3) is 0 Å². The van der Waals surface area contributed by atoms with Gasteiger partial charge in [0.15, 0.2) is 0 Å². The summed E-state index contributed by atoms with van der Waals surface area (Å²) in [6.45, 7) is 2.76. The Kier molecular flexibility index (Phi) is 5.82. The predicted octanol–water partition coefficient (Wildman–Crippen LogP) is 2.58. The van der Waals surface area contributed by atoms with E-state index in [0.29, 0.717) is 31.4 Å². The molecule has 0 amide bonds. The Morgan fingerprint density at radius 3 is 2.71 bits per heavy atom. The maximum Gasteiger partial charge on any atom is 0.242 e. The van der Waals surface area contributed by atoms with Crippen LogP contribution in [0, 0.1) is 0 Å². The predicted molar refractivity (Wildman–Crippen MR) is 107 cm³/mol. The minimum Gasteiger partial charge on any atom is -0.381 e. The lowest BCUT2D eigenvalue weighted by Crippen LogP contribution is -2.37. The van der Waals surface area contributed by atoms with Crippen molar-refractivity contribution in [1.29, 1.82) is 0 Å². The fourth-order valence-electron chi connectivity index (χ4n) is 3.72. The first-order chi connectivity index (χ1) is 13.5. The van der Waals surface area contributed by atoms with Gasteiger partial charge >= 0.3 is 0 Å².